The Bertz CT molecular complexity index is 1240. The van der Waals surface area contributed by atoms with E-state index in [0.717, 1.165) is 16.5 Å². The number of amides is 1. The number of para-hydroxylation sites is 1. The second-order valence-electron chi connectivity index (χ2n) is 7.12. The van der Waals surface area contributed by atoms with Gasteiger partial charge in [-0.3, -0.25) is 4.79 Å². The van der Waals surface area contributed by atoms with Crippen molar-refractivity contribution < 1.29 is 13.7 Å². The first-order valence-corrected chi connectivity index (χ1v) is 10.0. The lowest BCUT2D eigenvalue weighted by Gasteiger charge is -2.13. The average molecular weight is 419 g/mol. The lowest BCUT2D eigenvalue weighted by atomic mass is 10.1. The molecule has 0 bridgehead atoms. The van der Waals surface area contributed by atoms with E-state index in [-0.39, 0.29) is 30.5 Å². The largest absolute Gasteiger partial charge is 0.365 e. The summed E-state index contributed by atoms with van der Waals surface area (Å²) in [5, 5.41) is 10.6. The number of halogens is 1. The Balaban J connectivity index is 1.58. The highest BCUT2D eigenvalue weighted by molar-refractivity contribution is 5.92. The Kier molecular flexibility index (Phi) is 5.88. The van der Waals surface area contributed by atoms with E-state index in [0.29, 0.717) is 29.4 Å². The van der Waals surface area contributed by atoms with E-state index < -0.39 is 0 Å². The van der Waals surface area contributed by atoms with Crippen LogP contribution < -0.4 is 10.6 Å². The van der Waals surface area contributed by atoms with E-state index in [1.807, 2.05) is 32.0 Å². The monoisotopic (exact) mass is 419 g/mol. The van der Waals surface area contributed by atoms with Crippen LogP contribution in [0.1, 0.15) is 40.1 Å². The lowest BCUT2D eigenvalue weighted by molar-refractivity contribution is 0.0940. The number of fused-ring (bicyclic) bond motifs is 1. The number of carbonyl (C=O) groups is 1. The Hall–Kier alpha value is -3.81. The molecular weight excluding hydrogens is 397 g/mol. The quantitative estimate of drug-likeness (QED) is 0.467. The number of nitrogens with zero attached hydrogens (tertiary/aromatic N) is 3. The van der Waals surface area contributed by atoms with E-state index >= 15 is 0 Å². The molecule has 2 aromatic carbocycles. The van der Waals surface area contributed by atoms with Crippen molar-refractivity contribution in [3.63, 3.8) is 0 Å². The van der Waals surface area contributed by atoms with Gasteiger partial charge in [0.05, 0.1) is 12.1 Å². The highest BCUT2D eigenvalue weighted by Gasteiger charge is 2.14. The van der Waals surface area contributed by atoms with Gasteiger partial charge >= 0.3 is 0 Å². The first kappa shape index (κ1) is 20.5. The van der Waals surface area contributed by atoms with Crippen molar-refractivity contribution >= 4 is 22.6 Å². The molecule has 0 aliphatic rings. The molecule has 0 spiro atoms. The SMILES string of the molecule is CCc1cc(C(=O)NCc2nc(NCc3ccccc3F)c3cccc(C)c3n2)no1. The normalized spacial score (nSPS) is 10.9. The smallest absolute Gasteiger partial charge is 0.273 e. The number of aryl methyl sites for hydroxylation is 2. The van der Waals surface area contributed by atoms with Gasteiger partial charge in [-0.25, -0.2) is 14.4 Å². The molecule has 2 N–H and O–H groups in total. The highest BCUT2D eigenvalue weighted by atomic mass is 19.1. The first-order chi connectivity index (χ1) is 15.0. The second-order valence-corrected chi connectivity index (χ2v) is 7.12. The van der Waals surface area contributed by atoms with Gasteiger partial charge in [-0.15, -0.1) is 0 Å². The van der Waals surface area contributed by atoms with Crippen LogP contribution in [-0.2, 0) is 19.5 Å². The summed E-state index contributed by atoms with van der Waals surface area (Å²) in [6.07, 6.45) is 0.657. The fraction of sp³-hybridized carbons (Fsp3) is 0.217. The summed E-state index contributed by atoms with van der Waals surface area (Å²) in [5.41, 5.74) is 2.50. The predicted molar refractivity (Wildman–Crippen MR) is 115 cm³/mol. The number of rotatable bonds is 7. The molecule has 8 heteroatoms. The summed E-state index contributed by atoms with van der Waals surface area (Å²) in [6.45, 7) is 4.27. The zero-order valence-corrected chi connectivity index (χ0v) is 17.3. The molecule has 31 heavy (non-hydrogen) atoms. The first-order valence-electron chi connectivity index (χ1n) is 10.0. The van der Waals surface area contributed by atoms with Crippen molar-refractivity contribution in [3.8, 4) is 0 Å². The molecule has 2 aromatic heterocycles. The van der Waals surface area contributed by atoms with E-state index in [2.05, 4.69) is 25.8 Å². The van der Waals surface area contributed by atoms with Crippen LogP contribution in [0.25, 0.3) is 10.9 Å². The molecule has 0 radical (unpaired) electrons. The Labute approximate surface area is 178 Å². The third-order valence-corrected chi connectivity index (χ3v) is 4.93. The van der Waals surface area contributed by atoms with Crippen molar-refractivity contribution in [1.29, 1.82) is 0 Å². The minimum absolute atomic E-state index is 0.117. The molecule has 0 fully saturated rings. The minimum atomic E-state index is -0.363. The van der Waals surface area contributed by atoms with E-state index in [4.69, 9.17) is 4.52 Å². The van der Waals surface area contributed by atoms with Gasteiger partial charge in [0.1, 0.15) is 17.4 Å². The van der Waals surface area contributed by atoms with Crippen LogP contribution in [0.15, 0.2) is 53.1 Å². The summed E-state index contributed by atoms with van der Waals surface area (Å²) in [6, 6.07) is 14.0. The van der Waals surface area contributed by atoms with E-state index in [9.17, 15) is 9.18 Å². The summed E-state index contributed by atoms with van der Waals surface area (Å²) in [7, 11) is 0. The zero-order chi connectivity index (χ0) is 21.8. The molecule has 0 unspecified atom stereocenters. The number of anilines is 1. The standard InChI is InChI=1S/C23H22FN5O2/c1-3-16-11-19(29-31-16)23(30)26-13-20-27-21-14(2)7-6-9-17(21)22(28-20)25-12-15-8-4-5-10-18(15)24/h4-11H,3,12-13H2,1-2H3,(H,26,30)(H,25,27,28). The summed E-state index contributed by atoms with van der Waals surface area (Å²) >= 11 is 0. The van der Waals surface area contributed by atoms with E-state index in [1.165, 1.54) is 6.07 Å². The maximum absolute atomic E-state index is 14.0. The zero-order valence-electron chi connectivity index (χ0n) is 17.3. The van der Waals surface area contributed by atoms with Gasteiger partial charge < -0.3 is 15.2 Å². The highest BCUT2D eigenvalue weighted by Crippen LogP contribution is 2.24. The number of aromatic nitrogens is 3. The lowest BCUT2D eigenvalue weighted by Crippen LogP contribution is -2.24. The molecule has 0 atom stereocenters. The van der Waals surface area contributed by atoms with Gasteiger partial charge in [0.25, 0.3) is 5.91 Å². The molecule has 4 aromatic rings. The van der Waals surface area contributed by atoms with Crippen molar-refractivity contribution in [2.24, 2.45) is 0 Å². The number of nitrogens with one attached hydrogen (secondary N) is 2. The van der Waals surface area contributed by atoms with Crippen LogP contribution in [0.5, 0.6) is 0 Å². The van der Waals surface area contributed by atoms with Crippen molar-refractivity contribution in [2.75, 3.05) is 5.32 Å². The van der Waals surface area contributed by atoms with Gasteiger partial charge in [-0.1, -0.05) is 42.4 Å². The predicted octanol–water partition coefficient (Wildman–Crippen LogP) is 4.17. The molecular formula is C23H22FN5O2. The van der Waals surface area contributed by atoms with Crippen molar-refractivity contribution in [3.05, 3.63) is 82.8 Å². The molecule has 0 saturated heterocycles. The van der Waals surface area contributed by atoms with Crippen molar-refractivity contribution in [2.45, 2.75) is 33.4 Å². The summed E-state index contributed by atoms with van der Waals surface area (Å²) in [5.74, 6) is 1.01. The third kappa shape index (κ3) is 4.53. The number of carbonyl (C=O) groups excluding carboxylic acids is 1. The van der Waals surface area contributed by atoms with Crippen LogP contribution in [0.3, 0.4) is 0 Å². The van der Waals surface area contributed by atoms with Gasteiger partial charge in [0.15, 0.2) is 11.5 Å². The Morgan fingerprint density at radius 1 is 1.10 bits per heavy atom. The molecule has 0 saturated carbocycles. The average Bonchev–Trinajstić information content (AvgIpc) is 3.27. The second kappa shape index (κ2) is 8.91. The maximum atomic E-state index is 14.0. The maximum Gasteiger partial charge on any atom is 0.273 e. The number of benzene rings is 2. The topological polar surface area (TPSA) is 92.9 Å². The van der Waals surface area contributed by atoms with E-state index in [1.54, 1.807) is 24.3 Å². The van der Waals surface area contributed by atoms with Gasteiger partial charge in [-0.2, -0.15) is 0 Å². The number of hydrogen-bond acceptors (Lipinski definition) is 6. The van der Waals surface area contributed by atoms with Gasteiger partial charge in [0, 0.05) is 30.0 Å². The van der Waals surface area contributed by atoms with Crippen LogP contribution in [0, 0.1) is 12.7 Å². The molecule has 4 rings (SSSR count). The summed E-state index contributed by atoms with van der Waals surface area (Å²) < 4.78 is 19.1. The fourth-order valence-corrected chi connectivity index (χ4v) is 3.21. The number of hydrogen-bond donors (Lipinski definition) is 2. The Morgan fingerprint density at radius 2 is 1.94 bits per heavy atom. The Morgan fingerprint density at radius 3 is 2.71 bits per heavy atom. The van der Waals surface area contributed by atoms with Crippen LogP contribution in [0.2, 0.25) is 0 Å². The minimum Gasteiger partial charge on any atom is -0.365 e. The van der Waals surface area contributed by atoms with Crippen molar-refractivity contribution in [1.82, 2.24) is 20.4 Å². The van der Waals surface area contributed by atoms with Gasteiger partial charge in [-0.05, 0) is 24.6 Å². The van der Waals surface area contributed by atoms with Gasteiger partial charge in [0.2, 0.25) is 0 Å². The van der Waals surface area contributed by atoms with Crippen LogP contribution in [-0.4, -0.2) is 21.0 Å². The van der Waals surface area contributed by atoms with Crippen LogP contribution >= 0.6 is 0 Å². The van der Waals surface area contributed by atoms with Crippen LogP contribution in [0.4, 0.5) is 10.2 Å². The molecule has 0 aliphatic carbocycles. The summed E-state index contributed by atoms with van der Waals surface area (Å²) in [4.78, 5) is 21.5. The molecule has 0 aliphatic heterocycles. The third-order valence-electron chi connectivity index (χ3n) is 4.93. The molecule has 1 amide bonds. The fourth-order valence-electron chi connectivity index (χ4n) is 3.21. The molecule has 2 heterocycles. The molecule has 7 nitrogen and oxygen atoms in total. The molecule has 158 valence electrons.